The van der Waals surface area contributed by atoms with E-state index in [9.17, 15) is 29.6 Å². The molecule has 1 aliphatic heterocycles. The number of nitro groups is 1. The number of ether oxygens (including phenoxy) is 2. The first kappa shape index (κ1) is 32.9. The van der Waals surface area contributed by atoms with Gasteiger partial charge in [-0.25, -0.2) is 4.79 Å². The van der Waals surface area contributed by atoms with Gasteiger partial charge in [0.1, 0.15) is 12.6 Å². The van der Waals surface area contributed by atoms with E-state index >= 15 is 0 Å². The van der Waals surface area contributed by atoms with E-state index in [-0.39, 0.29) is 41.9 Å². The third kappa shape index (κ3) is 10.3. The van der Waals surface area contributed by atoms with Crippen LogP contribution in [0.4, 0.5) is 10.5 Å². The minimum Gasteiger partial charge on any atom is -0.480 e. The zero-order chi connectivity index (χ0) is 30.3. The molecule has 0 radical (unpaired) electrons. The van der Waals surface area contributed by atoms with E-state index in [2.05, 4.69) is 5.32 Å². The molecule has 1 unspecified atom stereocenters. The number of nitrogens with zero attached hydrogens (tertiary/aromatic N) is 2. The van der Waals surface area contributed by atoms with Crippen molar-refractivity contribution in [3.05, 3.63) is 70.3 Å². The molecule has 1 heterocycles. The van der Waals surface area contributed by atoms with Gasteiger partial charge < -0.3 is 24.8 Å². The first-order chi connectivity index (χ1) is 20.3. The number of carbonyl (C=O) groups excluding carboxylic acids is 2. The van der Waals surface area contributed by atoms with Gasteiger partial charge in [0.15, 0.2) is 0 Å². The van der Waals surface area contributed by atoms with Crippen molar-refractivity contribution in [3.8, 4) is 0 Å². The minimum absolute atomic E-state index is 0.0495. The number of carbonyl (C=O) groups is 3. The number of benzene rings is 2. The lowest BCUT2D eigenvalue weighted by Crippen LogP contribution is -2.42. The highest BCUT2D eigenvalue weighted by Crippen LogP contribution is 2.31. The molecule has 2 aromatic rings. The molecule has 0 spiro atoms. The molecule has 0 aromatic heterocycles. The Morgan fingerprint density at radius 2 is 1.76 bits per heavy atom. The Morgan fingerprint density at radius 1 is 1.07 bits per heavy atom. The monoisotopic (exact) mass is 601 g/mol. The van der Waals surface area contributed by atoms with Crippen LogP contribution in [-0.4, -0.2) is 71.0 Å². The van der Waals surface area contributed by atoms with E-state index in [0.717, 1.165) is 17.3 Å². The van der Waals surface area contributed by atoms with Crippen LogP contribution in [0.5, 0.6) is 0 Å². The summed E-state index contributed by atoms with van der Waals surface area (Å²) >= 11 is 1.13. The molecule has 2 aromatic carbocycles. The maximum absolute atomic E-state index is 12.8. The SMILES string of the molecule is CCOC(=O)C(CCCCN[C@@H](CSc1ccccc1[N+](=O)[O-])C(=O)O)C1CCN(C(=O)OCc2ccccc2)CC1. The average Bonchev–Trinajstić information content (AvgIpc) is 2.99. The number of nitro benzene ring substituents is 1. The van der Waals surface area contributed by atoms with Crippen molar-refractivity contribution < 1.29 is 33.9 Å². The second kappa shape index (κ2) is 17.3. The van der Waals surface area contributed by atoms with Gasteiger partial charge in [-0.1, -0.05) is 48.9 Å². The number of aliphatic carboxylic acids is 1. The van der Waals surface area contributed by atoms with E-state index in [1.807, 2.05) is 30.3 Å². The quantitative estimate of drug-likeness (QED) is 0.0872. The summed E-state index contributed by atoms with van der Waals surface area (Å²) in [5, 5.41) is 23.9. The van der Waals surface area contributed by atoms with Crippen LogP contribution in [0.1, 0.15) is 44.6 Å². The standard InChI is InChI=1S/C30H39N3O8S/c1-2-40-29(36)24(23-15-18-32(19-16-23)30(37)41-20-22-10-4-3-5-11-22)12-8-9-17-31-25(28(34)35)21-42-27-14-7-6-13-26(27)33(38)39/h3-7,10-11,13-14,23-25,31H,2,8-9,12,15-21H2,1H3,(H,34,35)/t24?,25-/m0/s1. The lowest BCUT2D eigenvalue weighted by Gasteiger charge is -2.34. The molecule has 11 nitrogen and oxygen atoms in total. The first-order valence-electron chi connectivity index (χ1n) is 14.2. The van der Waals surface area contributed by atoms with Crippen molar-refractivity contribution in [1.29, 1.82) is 0 Å². The zero-order valence-electron chi connectivity index (χ0n) is 23.8. The molecule has 42 heavy (non-hydrogen) atoms. The van der Waals surface area contributed by atoms with Gasteiger partial charge in [0.2, 0.25) is 0 Å². The Bertz CT molecular complexity index is 1170. The molecule has 2 atom stereocenters. The van der Waals surface area contributed by atoms with Crippen LogP contribution in [0.2, 0.25) is 0 Å². The van der Waals surface area contributed by atoms with Crippen molar-refractivity contribution in [3.63, 3.8) is 0 Å². The van der Waals surface area contributed by atoms with Crippen molar-refractivity contribution in [1.82, 2.24) is 10.2 Å². The number of amides is 1. The van der Waals surface area contributed by atoms with Gasteiger partial charge >= 0.3 is 18.0 Å². The van der Waals surface area contributed by atoms with Crippen LogP contribution in [0.3, 0.4) is 0 Å². The number of likely N-dealkylation sites (tertiary alicyclic amines) is 1. The van der Waals surface area contributed by atoms with Crippen LogP contribution in [0.15, 0.2) is 59.5 Å². The lowest BCUT2D eigenvalue weighted by molar-refractivity contribution is -0.387. The van der Waals surface area contributed by atoms with Crippen molar-refractivity contribution >= 4 is 35.5 Å². The summed E-state index contributed by atoms with van der Waals surface area (Å²) in [7, 11) is 0. The van der Waals surface area contributed by atoms with Gasteiger partial charge in [-0.3, -0.25) is 19.7 Å². The molecule has 1 fully saturated rings. The van der Waals surface area contributed by atoms with Crippen LogP contribution in [-0.2, 0) is 25.7 Å². The number of hydrogen-bond acceptors (Lipinski definition) is 9. The fourth-order valence-corrected chi connectivity index (χ4v) is 6.05. The number of unbranched alkanes of at least 4 members (excludes halogenated alkanes) is 1. The van der Waals surface area contributed by atoms with E-state index in [1.54, 1.807) is 30.0 Å². The Hall–Kier alpha value is -3.64. The molecule has 2 N–H and O–H groups in total. The van der Waals surface area contributed by atoms with Crippen molar-refractivity contribution in [2.75, 3.05) is 32.0 Å². The normalized spacial score (nSPS) is 15.0. The summed E-state index contributed by atoms with van der Waals surface area (Å²) in [6, 6.07) is 14.9. The molecule has 3 rings (SSSR count). The van der Waals surface area contributed by atoms with Crippen molar-refractivity contribution in [2.45, 2.75) is 56.6 Å². The third-order valence-electron chi connectivity index (χ3n) is 7.26. The van der Waals surface area contributed by atoms with E-state index in [1.165, 1.54) is 6.07 Å². The molecule has 0 bridgehead atoms. The van der Waals surface area contributed by atoms with Gasteiger partial charge in [0.05, 0.1) is 22.3 Å². The predicted molar refractivity (Wildman–Crippen MR) is 158 cm³/mol. The second-order valence-electron chi connectivity index (χ2n) is 10.1. The fourth-order valence-electron chi connectivity index (χ4n) is 4.98. The molecule has 0 aliphatic carbocycles. The minimum atomic E-state index is -1.03. The van der Waals surface area contributed by atoms with Crippen LogP contribution in [0.25, 0.3) is 0 Å². The maximum atomic E-state index is 12.8. The molecule has 1 amide bonds. The number of para-hydroxylation sites is 1. The van der Waals surface area contributed by atoms with Gasteiger partial charge in [0.25, 0.3) is 5.69 Å². The molecule has 228 valence electrons. The summed E-state index contributed by atoms with van der Waals surface area (Å²) in [4.78, 5) is 49.9. The average molecular weight is 602 g/mol. The first-order valence-corrected chi connectivity index (χ1v) is 15.2. The highest BCUT2D eigenvalue weighted by atomic mass is 32.2. The zero-order valence-corrected chi connectivity index (χ0v) is 24.6. The number of rotatable bonds is 16. The molecular formula is C30H39N3O8S. The molecular weight excluding hydrogens is 562 g/mol. The highest BCUT2D eigenvalue weighted by molar-refractivity contribution is 7.99. The molecule has 1 aliphatic rings. The van der Waals surface area contributed by atoms with Gasteiger partial charge in [0, 0.05) is 24.9 Å². The fraction of sp³-hybridized carbons (Fsp3) is 0.500. The van der Waals surface area contributed by atoms with Crippen LogP contribution >= 0.6 is 11.8 Å². The second-order valence-corrected chi connectivity index (χ2v) is 11.2. The number of piperidine rings is 1. The maximum Gasteiger partial charge on any atom is 0.410 e. The Labute approximate surface area is 250 Å². The van der Waals surface area contributed by atoms with Crippen molar-refractivity contribution in [2.24, 2.45) is 11.8 Å². The number of nitrogens with one attached hydrogen (secondary N) is 1. The van der Waals surface area contributed by atoms with E-state index < -0.39 is 16.9 Å². The van der Waals surface area contributed by atoms with E-state index in [0.29, 0.717) is 63.2 Å². The molecule has 12 heteroatoms. The largest absolute Gasteiger partial charge is 0.480 e. The Balaban J connectivity index is 1.43. The molecule has 1 saturated heterocycles. The van der Waals surface area contributed by atoms with E-state index in [4.69, 9.17) is 9.47 Å². The summed E-state index contributed by atoms with van der Waals surface area (Å²) < 4.78 is 10.8. The van der Waals surface area contributed by atoms with Gasteiger partial charge in [-0.05, 0) is 56.7 Å². The summed E-state index contributed by atoms with van der Waals surface area (Å²) in [6.45, 7) is 3.72. The van der Waals surface area contributed by atoms with Gasteiger partial charge in [-0.15, -0.1) is 11.8 Å². The smallest absolute Gasteiger partial charge is 0.410 e. The Kier molecular flexibility index (Phi) is 13.6. The lowest BCUT2D eigenvalue weighted by atomic mass is 9.81. The topological polar surface area (TPSA) is 148 Å². The number of thioether (sulfide) groups is 1. The number of carboxylic acids is 1. The highest BCUT2D eigenvalue weighted by Gasteiger charge is 2.33. The number of carboxylic acid groups (broad SMARTS) is 1. The third-order valence-corrected chi connectivity index (χ3v) is 8.42. The predicted octanol–water partition coefficient (Wildman–Crippen LogP) is 5.13. The van der Waals surface area contributed by atoms with Crippen LogP contribution < -0.4 is 5.32 Å². The summed E-state index contributed by atoms with van der Waals surface area (Å²) in [5.41, 5.74) is 0.873. The van der Waals surface area contributed by atoms with Gasteiger partial charge in [-0.2, -0.15) is 0 Å². The van der Waals surface area contributed by atoms with Crippen LogP contribution in [0, 0.1) is 22.0 Å². The summed E-state index contributed by atoms with van der Waals surface area (Å²) in [5.74, 6) is -1.34. The Morgan fingerprint density at radius 3 is 2.43 bits per heavy atom. The number of hydrogen-bond donors (Lipinski definition) is 2. The summed E-state index contributed by atoms with van der Waals surface area (Å²) in [6.07, 6.45) is 2.94. The number of esters is 1. The molecule has 0 saturated carbocycles.